The van der Waals surface area contributed by atoms with Crippen molar-refractivity contribution in [3.63, 3.8) is 0 Å². The molecule has 0 aliphatic rings. The van der Waals surface area contributed by atoms with Crippen LogP contribution in [0.2, 0.25) is 0 Å². The number of carboxylic acid groups (broad SMARTS) is 1. The van der Waals surface area contributed by atoms with Crippen molar-refractivity contribution in [2.45, 2.75) is 6.18 Å². The van der Waals surface area contributed by atoms with Crippen LogP contribution in [0.25, 0.3) is 0 Å². The summed E-state index contributed by atoms with van der Waals surface area (Å²) < 4.78 is 49.1. The molecular weight excluding hydrogens is 206 g/mol. The van der Waals surface area contributed by atoms with Gasteiger partial charge in [0, 0.05) is 6.20 Å². The summed E-state index contributed by atoms with van der Waals surface area (Å²) in [6.45, 7) is 0. The molecule has 0 saturated heterocycles. The van der Waals surface area contributed by atoms with Crippen LogP contribution in [0.4, 0.5) is 17.6 Å². The molecule has 0 saturated carbocycles. The number of rotatable bonds is 1. The van der Waals surface area contributed by atoms with Gasteiger partial charge in [-0.2, -0.15) is 13.2 Å². The average molecular weight is 209 g/mol. The third kappa shape index (κ3) is 1.81. The maximum Gasteiger partial charge on any atom is 0.421 e. The summed E-state index contributed by atoms with van der Waals surface area (Å²) in [6.07, 6.45) is -4.40. The molecule has 76 valence electrons. The number of halogens is 4. The van der Waals surface area contributed by atoms with Gasteiger partial charge in [0.25, 0.3) is 0 Å². The Kier molecular flexibility index (Phi) is 2.41. The van der Waals surface area contributed by atoms with Crippen molar-refractivity contribution in [3.05, 3.63) is 29.3 Å². The predicted octanol–water partition coefficient (Wildman–Crippen LogP) is 1.94. The molecule has 1 rings (SSSR count). The van der Waals surface area contributed by atoms with Crippen molar-refractivity contribution in [3.8, 4) is 0 Å². The zero-order valence-electron chi connectivity index (χ0n) is 6.47. The zero-order chi connectivity index (χ0) is 10.9. The summed E-state index contributed by atoms with van der Waals surface area (Å²) in [6, 6.07) is 0.454. The molecular formula is C7H3F4NO2. The quantitative estimate of drug-likeness (QED) is 0.719. The third-order valence-corrected chi connectivity index (χ3v) is 1.39. The minimum absolute atomic E-state index is 0.454. The van der Waals surface area contributed by atoms with E-state index < -0.39 is 29.2 Å². The molecule has 1 N–H and O–H groups in total. The molecule has 3 nitrogen and oxygen atoms in total. The van der Waals surface area contributed by atoms with E-state index in [0.717, 1.165) is 0 Å². The van der Waals surface area contributed by atoms with Gasteiger partial charge in [-0.25, -0.2) is 14.2 Å². The van der Waals surface area contributed by atoms with Gasteiger partial charge in [0.2, 0.25) is 0 Å². The summed E-state index contributed by atoms with van der Waals surface area (Å²) in [7, 11) is 0. The number of carbonyl (C=O) groups is 1. The summed E-state index contributed by atoms with van der Waals surface area (Å²) >= 11 is 0. The Labute approximate surface area is 75.0 Å². The third-order valence-electron chi connectivity index (χ3n) is 1.39. The molecule has 0 amide bonds. The maximum atomic E-state index is 12.7. The number of hydrogen-bond acceptors (Lipinski definition) is 2. The number of alkyl halides is 3. The Morgan fingerprint density at radius 1 is 1.43 bits per heavy atom. The van der Waals surface area contributed by atoms with E-state index in [1.807, 2.05) is 0 Å². The van der Waals surface area contributed by atoms with E-state index >= 15 is 0 Å². The molecule has 14 heavy (non-hydrogen) atoms. The van der Waals surface area contributed by atoms with Crippen molar-refractivity contribution in [1.29, 1.82) is 0 Å². The van der Waals surface area contributed by atoms with Crippen LogP contribution < -0.4 is 0 Å². The second kappa shape index (κ2) is 3.24. The zero-order valence-corrected chi connectivity index (χ0v) is 6.47. The Bertz CT molecular complexity index is 374. The van der Waals surface area contributed by atoms with Crippen molar-refractivity contribution in [1.82, 2.24) is 4.98 Å². The van der Waals surface area contributed by atoms with Gasteiger partial charge in [-0.05, 0) is 6.07 Å². The lowest BCUT2D eigenvalue weighted by Crippen LogP contribution is -2.16. The SMILES string of the molecule is O=C(O)c1nccc(F)c1C(F)(F)F. The van der Waals surface area contributed by atoms with E-state index in [-0.39, 0.29) is 0 Å². The van der Waals surface area contributed by atoms with E-state index in [2.05, 4.69) is 4.98 Å². The van der Waals surface area contributed by atoms with Crippen molar-refractivity contribution in [2.24, 2.45) is 0 Å². The van der Waals surface area contributed by atoms with Crippen LogP contribution in [0.1, 0.15) is 16.1 Å². The minimum Gasteiger partial charge on any atom is -0.476 e. The van der Waals surface area contributed by atoms with Gasteiger partial charge >= 0.3 is 12.1 Å². The van der Waals surface area contributed by atoms with Crippen molar-refractivity contribution < 1.29 is 27.5 Å². The first-order valence-electron chi connectivity index (χ1n) is 3.29. The first kappa shape index (κ1) is 10.4. The first-order chi connectivity index (χ1) is 6.34. The van der Waals surface area contributed by atoms with Crippen LogP contribution in [0.15, 0.2) is 12.3 Å². The predicted molar refractivity (Wildman–Crippen MR) is 36.2 cm³/mol. The molecule has 0 bridgehead atoms. The van der Waals surface area contributed by atoms with Gasteiger partial charge in [-0.3, -0.25) is 0 Å². The number of hydrogen-bond donors (Lipinski definition) is 1. The highest BCUT2D eigenvalue weighted by Gasteiger charge is 2.39. The molecule has 0 atom stereocenters. The molecule has 1 aromatic rings. The number of nitrogens with zero attached hydrogens (tertiary/aromatic N) is 1. The van der Waals surface area contributed by atoms with Crippen LogP contribution in [0.3, 0.4) is 0 Å². The van der Waals surface area contributed by atoms with E-state index in [1.165, 1.54) is 0 Å². The highest BCUT2D eigenvalue weighted by molar-refractivity contribution is 5.87. The molecule has 0 aliphatic heterocycles. The van der Waals surface area contributed by atoms with Gasteiger partial charge in [0.05, 0.1) is 0 Å². The molecule has 1 heterocycles. The Morgan fingerprint density at radius 2 is 2.00 bits per heavy atom. The maximum absolute atomic E-state index is 12.7. The summed E-state index contributed by atoms with van der Waals surface area (Å²) in [4.78, 5) is 13.2. The van der Waals surface area contributed by atoms with Gasteiger partial charge in [-0.15, -0.1) is 0 Å². The van der Waals surface area contributed by atoms with E-state index in [1.54, 1.807) is 0 Å². The summed E-state index contributed by atoms with van der Waals surface area (Å²) in [5, 5.41) is 8.32. The second-order valence-corrected chi connectivity index (χ2v) is 2.32. The smallest absolute Gasteiger partial charge is 0.421 e. The van der Waals surface area contributed by atoms with Gasteiger partial charge in [0.15, 0.2) is 5.69 Å². The number of aromatic carboxylic acids is 1. The Balaban J connectivity index is 3.45. The fourth-order valence-corrected chi connectivity index (χ4v) is 0.870. The standard InChI is InChI=1S/C7H3F4NO2/c8-3-1-2-12-5(6(13)14)4(3)7(9,10)11/h1-2H,(H,13,14). The highest BCUT2D eigenvalue weighted by atomic mass is 19.4. The highest BCUT2D eigenvalue weighted by Crippen LogP contribution is 2.32. The molecule has 0 spiro atoms. The Morgan fingerprint density at radius 3 is 2.36 bits per heavy atom. The van der Waals surface area contributed by atoms with Crippen molar-refractivity contribution >= 4 is 5.97 Å². The minimum atomic E-state index is -5.06. The molecule has 1 aromatic heterocycles. The normalized spacial score (nSPS) is 11.4. The number of pyridine rings is 1. The molecule has 0 aliphatic carbocycles. The van der Waals surface area contributed by atoms with Crippen LogP contribution in [0, 0.1) is 5.82 Å². The van der Waals surface area contributed by atoms with Gasteiger partial charge in [-0.1, -0.05) is 0 Å². The molecule has 0 fully saturated rings. The van der Waals surface area contributed by atoms with Gasteiger partial charge in [0.1, 0.15) is 11.4 Å². The first-order valence-corrected chi connectivity index (χ1v) is 3.29. The fourth-order valence-electron chi connectivity index (χ4n) is 0.870. The largest absolute Gasteiger partial charge is 0.476 e. The fraction of sp³-hybridized carbons (Fsp3) is 0.143. The number of carboxylic acids is 1. The molecule has 7 heteroatoms. The molecule has 0 aromatic carbocycles. The Hall–Kier alpha value is -1.66. The number of aromatic nitrogens is 1. The van der Waals surface area contributed by atoms with E-state index in [4.69, 9.17) is 5.11 Å². The van der Waals surface area contributed by atoms with Crippen molar-refractivity contribution in [2.75, 3.05) is 0 Å². The lowest BCUT2D eigenvalue weighted by atomic mass is 10.2. The molecule has 0 radical (unpaired) electrons. The van der Waals surface area contributed by atoms with Crippen LogP contribution in [0.5, 0.6) is 0 Å². The average Bonchev–Trinajstić information content (AvgIpc) is 2.01. The van der Waals surface area contributed by atoms with E-state index in [9.17, 15) is 22.4 Å². The monoisotopic (exact) mass is 209 g/mol. The van der Waals surface area contributed by atoms with Crippen LogP contribution in [-0.2, 0) is 6.18 Å². The van der Waals surface area contributed by atoms with E-state index in [0.29, 0.717) is 12.3 Å². The lowest BCUT2D eigenvalue weighted by Gasteiger charge is -2.09. The second-order valence-electron chi connectivity index (χ2n) is 2.32. The summed E-state index contributed by atoms with van der Waals surface area (Å²) in [5.41, 5.74) is -3.19. The van der Waals surface area contributed by atoms with Crippen LogP contribution >= 0.6 is 0 Å². The van der Waals surface area contributed by atoms with Gasteiger partial charge < -0.3 is 5.11 Å². The summed E-state index contributed by atoms with van der Waals surface area (Å²) in [5.74, 6) is -3.57. The lowest BCUT2D eigenvalue weighted by molar-refractivity contribution is -0.140. The topological polar surface area (TPSA) is 50.2 Å². The van der Waals surface area contributed by atoms with Crippen LogP contribution in [-0.4, -0.2) is 16.1 Å². The molecule has 0 unspecified atom stereocenters.